The first kappa shape index (κ1) is 20.5. The lowest BCUT2D eigenvalue weighted by molar-refractivity contribution is 0.516. The number of nitrogens with zero attached hydrogens (tertiary/aromatic N) is 5. The third kappa shape index (κ3) is 2.93. The van der Waals surface area contributed by atoms with E-state index in [1.165, 1.54) is 0 Å². The molecule has 3 atom stereocenters. The van der Waals surface area contributed by atoms with Crippen LogP contribution in [-0.2, 0) is 5.41 Å². The summed E-state index contributed by atoms with van der Waals surface area (Å²) in [6.07, 6.45) is 5.63. The first-order valence-electron chi connectivity index (χ1n) is 12.3. The molecule has 0 amide bonds. The third-order valence-corrected chi connectivity index (χ3v) is 8.28. The van der Waals surface area contributed by atoms with Crippen molar-refractivity contribution in [3.8, 4) is 11.3 Å². The molecule has 2 aromatic carbocycles. The highest BCUT2D eigenvalue weighted by Gasteiger charge is 2.65. The molecule has 174 valence electrons. The van der Waals surface area contributed by atoms with Gasteiger partial charge in [0.05, 0.1) is 17.4 Å². The highest BCUT2D eigenvalue weighted by molar-refractivity contribution is 6.00. The number of nitrogens with one attached hydrogen (secondary N) is 1. The first-order chi connectivity index (χ1) is 17.2. The first-order valence-corrected chi connectivity index (χ1v) is 12.3. The van der Waals surface area contributed by atoms with Crippen molar-refractivity contribution >= 4 is 27.9 Å². The van der Waals surface area contributed by atoms with Crippen LogP contribution in [-0.4, -0.2) is 38.2 Å². The Kier molecular flexibility index (Phi) is 4.43. The van der Waals surface area contributed by atoms with E-state index in [1.807, 2.05) is 36.5 Å². The smallest absolute Gasteiger partial charge is 0.202 e. The van der Waals surface area contributed by atoms with Gasteiger partial charge in [-0.2, -0.15) is 5.10 Å². The molecular formula is C28H25FN6. The summed E-state index contributed by atoms with van der Waals surface area (Å²) in [5.41, 5.74) is 4.95. The van der Waals surface area contributed by atoms with Crippen LogP contribution >= 0.6 is 0 Å². The Balaban J connectivity index is 1.21. The Labute approximate surface area is 202 Å². The number of piperidine rings is 1. The summed E-state index contributed by atoms with van der Waals surface area (Å²) in [6, 6.07) is 17.3. The molecule has 0 bridgehead atoms. The average Bonchev–Trinajstić information content (AvgIpc) is 3.37. The van der Waals surface area contributed by atoms with E-state index < -0.39 is 0 Å². The van der Waals surface area contributed by atoms with Gasteiger partial charge in [-0.15, -0.1) is 0 Å². The molecule has 3 aromatic heterocycles. The van der Waals surface area contributed by atoms with Crippen LogP contribution in [0, 0.1) is 17.7 Å². The third-order valence-electron chi connectivity index (χ3n) is 8.28. The van der Waals surface area contributed by atoms with Gasteiger partial charge in [-0.1, -0.05) is 43.3 Å². The van der Waals surface area contributed by atoms with E-state index in [4.69, 9.17) is 9.97 Å². The van der Waals surface area contributed by atoms with Crippen LogP contribution in [0.25, 0.3) is 33.3 Å². The molecule has 4 heterocycles. The quantitative estimate of drug-likeness (QED) is 0.380. The van der Waals surface area contributed by atoms with Crippen molar-refractivity contribution in [2.75, 3.05) is 18.0 Å². The fourth-order valence-electron chi connectivity index (χ4n) is 6.59. The molecule has 0 radical (unpaired) electrons. The molecule has 1 saturated carbocycles. The van der Waals surface area contributed by atoms with Gasteiger partial charge in [0.1, 0.15) is 17.2 Å². The summed E-state index contributed by atoms with van der Waals surface area (Å²) in [6.45, 7) is 3.94. The topological polar surface area (TPSA) is 70.6 Å². The van der Waals surface area contributed by atoms with Gasteiger partial charge >= 0.3 is 0 Å². The van der Waals surface area contributed by atoms with Gasteiger partial charge in [0.25, 0.3) is 0 Å². The van der Waals surface area contributed by atoms with E-state index in [1.54, 1.807) is 18.3 Å². The largest absolute Gasteiger partial charge is 0.355 e. The van der Waals surface area contributed by atoms with Crippen molar-refractivity contribution in [2.45, 2.75) is 25.2 Å². The molecule has 1 saturated heterocycles. The van der Waals surface area contributed by atoms with Crippen molar-refractivity contribution in [1.82, 2.24) is 25.1 Å². The Morgan fingerprint density at radius 3 is 2.86 bits per heavy atom. The normalized spacial score (nSPS) is 23.5. The van der Waals surface area contributed by atoms with Crippen LogP contribution in [0.4, 0.5) is 10.2 Å². The van der Waals surface area contributed by atoms with Crippen LogP contribution in [0.1, 0.15) is 25.3 Å². The highest BCUT2D eigenvalue weighted by Crippen LogP contribution is 2.65. The van der Waals surface area contributed by atoms with Crippen molar-refractivity contribution < 1.29 is 4.39 Å². The Hall–Kier alpha value is -3.87. The molecule has 6 nitrogen and oxygen atoms in total. The summed E-state index contributed by atoms with van der Waals surface area (Å²) in [7, 11) is 0. The highest BCUT2D eigenvalue weighted by atomic mass is 19.1. The monoisotopic (exact) mass is 464 g/mol. The fraction of sp³-hybridized carbons (Fsp3) is 0.286. The number of anilines is 1. The van der Waals surface area contributed by atoms with E-state index in [-0.39, 0.29) is 11.2 Å². The average molecular weight is 465 g/mol. The second-order valence-corrected chi connectivity index (χ2v) is 9.70. The molecule has 5 aromatic rings. The lowest BCUT2D eigenvalue weighted by atomic mass is 9.88. The molecule has 1 aliphatic heterocycles. The standard InChI is InChI=1S/C28H25FN6/c1-2-28(20-9-3-4-10-22(20)29)19-12-14-35(16-21(19)28)24-15-31-26-25(33-34-27(26)32-24)18-7-5-11-23-17(18)8-6-13-30-23/h3-11,13,15,19,21H,2,12,14,16H2,1H3,(H,32,33,34)/t19-,21+,28-/m1/s1. The van der Waals surface area contributed by atoms with Crippen LogP contribution in [0.5, 0.6) is 0 Å². The number of pyridine rings is 1. The predicted octanol–water partition coefficient (Wildman–Crippen LogP) is 5.51. The fourth-order valence-corrected chi connectivity index (χ4v) is 6.59. The van der Waals surface area contributed by atoms with Gasteiger partial charge in [0.15, 0.2) is 0 Å². The molecular weight excluding hydrogens is 439 g/mol. The van der Waals surface area contributed by atoms with Crippen LogP contribution in [0.15, 0.2) is 67.0 Å². The molecule has 1 N–H and O–H groups in total. The summed E-state index contributed by atoms with van der Waals surface area (Å²) in [5.74, 6) is 1.70. The Morgan fingerprint density at radius 2 is 1.97 bits per heavy atom. The number of hydrogen-bond acceptors (Lipinski definition) is 5. The summed E-state index contributed by atoms with van der Waals surface area (Å²) in [4.78, 5) is 16.4. The summed E-state index contributed by atoms with van der Waals surface area (Å²) < 4.78 is 14.7. The number of fused-ring (bicyclic) bond motifs is 3. The Bertz CT molecular complexity index is 1570. The molecule has 2 aliphatic rings. The number of aromatic amines is 1. The van der Waals surface area contributed by atoms with Crippen LogP contribution < -0.4 is 4.90 Å². The maximum atomic E-state index is 14.7. The van der Waals surface area contributed by atoms with Crippen molar-refractivity contribution in [3.05, 3.63) is 78.4 Å². The maximum Gasteiger partial charge on any atom is 0.202 e. The number of H-pyrrole nitrogens is 1. The molecule has 1 aliphatic carbocycles. The summed E-state index contributed by atoms with van der Waals surface area (Å²) in [5, 5.41) is 8.70. The zero-order valence-electron chi connectivity index (χ0n) is 19.4. The SMILES string of the molecule is CC[C@]1(c2ccccc2F)[C@@H]2CCN(c3cnc4c(-c5cccc6ncccc56)[nH]nc4n3)C[C@@H]21. The van der Waals surface area contributed by atoms with Gasteiger partial charge in [-0.25, -0.2) is 14.4 Å². The molecule has 35 heavy (non-hydrogen) atoms. The van der Waals surface area contributed by atoms with Crippen molar-refractivity contribution in [1.29, 1.82) is 0 Å². The summed E-state index contributed by atoms with van der Waals surface area (Å²) >= 11 is 0. The number of halogens is 1. The number of rotatable bonds is 4. The van der Waals surface area contributed by atoms with Crippen LogP contribution in [0.2, 0.25) is 0 Å². The number of aromatic nitrogens is 5. The van der Waals surface area contributed by atoms with Gasteiger partial charge in [-0.3, -0.25) is 10.1 Å². The number of benzene rings is 2. The predicted molar refractivity (Wildman–Crippen MR) is 135 cm³/mol. The van der Waals surface area contributed by atoms with Crippen LogP contribution in [0.3, 0.4) is 0 Å². The lowest BCUT2D eigenvalue weighted by Crippen LogP contribution is -2.32. The van der Waals surface area contributed by atoms with Crippen molar-refractivity contribution in [3.63, 3.8) is 0 Å². The van der Waals surface area contributed by atoms with E-state index in [9.17, 15) is 4.39 Å². The van der Waals surface area contributed by atoms with Gasteiger partial charge in [0.2, 0.25) is 5.65 Å². The molecule has 0 unspecified atom stereocenters. The van der Waals surface area contributed by atoms with E-state index in [0.717, 1.165) is 65.0 Å². The molecule has 7 rings (SSSR count). The zero-order valence-corrected chi connectivity index (χ0v) is 19.4. The minimum atomic E-state index is -0.0794. The van der Waals surface area contributed by atoms with E-state index >= 15 is 0 Å². The van der Waals surface area contributed by atoms with E-state index in [0.29, 0.717) is 17.5 Å². The van der Waals surface area contributed by atoms with Gasteiger partial charge < -0.3 is 4.90 Å². The van der Waals surface area contributed by atoms with E-state index in [2.05, 4.69) is 39.1 Å². The lowest BCUT2D eigenvalue weighted by Gasteiger charge is -2.26. The molecule has 7 heteroatoms. The van der Waals surface area contributed by atoms with Gasteiger partial charge in [0, 0.05) is 35.7 Å². The van der Waals surface area contributed by atoms with Gasteiger partial charge in [-0.05, 0) is 48.4 Å². The zero-order chi connectivity index (χ0) is 23.6. The molecule has 2 fully saturated rings. The second-order valence-electron chi connectivity index (χ2n) is 9.70. The minimum absolute atomic E-state index is 0.0699. The van der Waals surface area contributed by atoms with Crippen molar-refractivity contribution in [2.24, 2.45) is 11.8 Å². The molecule has 0 spiro atoms. The second kappa shape index (κ2) is 7.57. The minimum Gasteiger partial charge on any atom is -0.355 e. The maximum absolute atomic E-state index is 14.7. The Morgan fingerprint density at radius 1 is 1.06 bits per heavy atom. The number of hydrogen-bond donors (Lipinski definition) is 1.